The Bertz CT molecular complexity index is 1910. The van der Waals surface area contributed by atoms with Crippen molar-refractivity contribution >= 4 is 23.6 Å². The Morgan fingerprint density at radius 1 is 0.804 bits per heavy atom. The van der Waals surface area contributed by atoms with Crippen LogP contribution in [0.2, 0.25) is 5.02 Å². The molecule has 0 atom stereocenters. The smallest absolute Gasteiger partial charge is 0.246 e. The molecule has 0 spiro atoms. The van der Waals surface area contributed by atoms with E-state index in [1.807, 2.05) is 48.2 Å². The van der Waals surface area contributed by atoms with Crippen LogP contribution >= 0.6 is 11.6 Å². The SMILES string of the molecule is Cc1ccc(COc2ccc(Oc3c(C)cc(/C=C/C(=O)N4CCN(Cc5ccc(CCOc6ccccc6C)cc5)CC4)cc3Cl)nc2)cc1. The summed E-state index contributed by atoms with van der Waals surface area (Å²) in [6.07, 6.45) is 5.94. The van der Waals surface area contributed by atoms with Gasteiger partial charge in [0, 0.05) is 51.3 Å². The molecule has 262 valence electrons. The molecule has 1 aliphatic heterocycles. The van der Waals surface area contributed by atoms with Gasteiger partial charge in [-0.15, -0.1) is 0 Å². The van der Waals surface area contributed by atoms with Crippen LogP contribution in [-0.2, 0) is 24.4 Å². The summed E-state index contributed by atoms with van der Waals surface area (Å²) in [5.41, 5.74) is 7.66. The van der Waals surface area contributed by atoms with E-state index in [4.69, 9.17) is 25.8 Å². The number of benzene rings is 4. The van der Waals surface area contributed by atoms with Gasteiger partial charge in [0.25, 0.3) is 0 Å². The first-order valence-corrected chi connectivity index (χ1v) is 17.7. The van der Waals surface area contributed by atoms with Crippen molar-refractivity contribution < 1.29 is 19.0 Å². The van der Waals surface area contributed by atoms with Crippen LogP contribution in [-0.4, -0.2) is 53.5 Å². The second-order valence-electron chi connectivity index (χ2n) is 13.0. The summed E-state index contributed by atoms with van der Waals surface area (Å²) in [6, 6.07) is 32.4. The highest BCUT2D eigenvalue weighted by atomic mass is 35.5. The van der Waals surface area contributed by atoms with Gasteiger partial charge in [-0.05, 0) is 84.5 Å². The van der Waals surface area contributed by atoms with Gasteiger partial charge in [-0.3, -0.25) is 9.69 Å². The molecule has 0 bridgehead atoms. The van der Waals surface area contributed by atoms with Crippen molar-refractivity contribution in [1.82, 2.24) is 14.8 Å². The van der Waals surface area contributed by atoms with E-state index in [0.29, 0.717) is 48.7 Å². The largest absolute Gasteiger partial charge is 0.493 e. The molecule has 6 rings (SSSR count). The Labute approximate surface area is 306 Å². The molecule has 4 aromatic carbocycles. The number of nitrogens with zero attached hydrogens (tertiary/aromatic N) is 3. The van der Waals surface area contributed by atoms with Crippen LogP contribution in [0.5, 0.6) is 23.1 Å². The Balaban J connectivity index is 0.935. The molecule has 0 N–H and O–H groups in total. The number of rotatable bonds is 13. The summed E-state index contributed by atoms with van der Waals surface area (Å²) in [5.74, 6) is 2.53. The topological polar surface area (TPSA) is 64.1 Å². The second-order valence-corrected chi connectivity index (χ2v) is 13.4. The number of aromatic nitrogens is 1. The van der Waals surface area contributed by atoms with Crippen molar-refractivity contribution in [2.45, 2.75) is 40.3 Å². The van der Waals surface area contributed by atoms with E-state index in [9.17, 15) is 4.79 Å². The van der Waals surface area contributed by atoms with Crippen molar-refractivity contribution in [3.8, 4) is 23.1 Å². The van der Waals surface area contributed by atoms with E-state index in [0.717, 1.165) is 54.1 Å². The maximum Gasteiger partial charge on any atom is 0.246 e. The van der Waals surface area contributed by atoms with Crippen LogP contribution < -0.4 is 14.2 Å². The molecule has 1 fully saturated rings. The van der Waals surface area contributed by atoms with E-state index >= 15 is 0 Å². The number of halogens is 1. The van der Waals surface area contributed by atoms with Crippen LogP contribution in [0.1, 0.15) is 38.9 Å². The van der Waals surface area contributed by atoms with E-state index in [-0.39, 0.29) is 5.91 Å². The molecule has 8 heteroatoms. The van der Waals surface area contributed by atoms with Crippen molar-refractivity contribution in [2.24, 2.45) is 0 Å². The molecular weight excluding hydrogens is 658 g/mol. The lowest BCUT2D eigenvalue weighted by atomic mass is 10.1. The lowest BCUT2D eigenvalue weighted by Gasteiger charge is -2.34. The number of aryl methyl sites for hydroxylation is 3. The fraction of sp³-hybridized carbons (Fsp3) is 0.256. The zero-order valence-electron chi connectivity index (χ0n) is 29.5. The average molecular weight is 702 g/mol. The van der Waals surface area contributed by atoms with Crippen LogP contribution in [0.3, 0.4) is 0 Å². The predicted molar refractivity (Wildman–Crippen MR) is 204 cm³/mol. The Morgan fingerprint density at radius 3 is 2.24 bits per heavy atom. The maximum atomic E-state index is 13.0. The number of hydrogen-bond donors (Lipinski definition) is 0. The van der Waals surface area contributed by atoms with E-state index in [2.05, 4.69) is 78.3 Å². The van der Waals surface area contributed by atoms with Crippen molar-refractivity contribution in [2.75, 3.05) is 32.8 Å². The molecule has 0 saturated carbocycles. The van der Waals surface area contributed by atoms with Crippen LogP contribution in [0, 0.1) is 20.8 Å². The summed E-state index contributed by atoms with van der Waals surface area (Å²) in [7, 11) is 0. The number of amides is 1. The maximum absolute atomic E-state index is 13.0. The zero-order chi connectivity index (χ0) is 35.6. The number of piperazine rings is 1. The standard InChI is InChI=1S/C43H44ClN3O4/c1-31-8-10-36(11-9-31)30-50-38-17-18-41(45-28-38)51-43-33(3)26-37(27-39(43)44)16-19-42(48)47-23-21-46(22-24-47)29-35-14-12-34(13-15-35)20-25-49-40-7-5-4-6-32(40)2/h4-19,26-28H,20-25,29-30H2,1-3H3/b19-16+. The summed E-state index contributed by atoms with van der Waals surface area (Å²) >= 11 is 6.63. The zero-order valence-corrected chi connectivity index (χ0v) is 30.2. The molecule has 1 saturated heterocycles. The minimum absolute atomic E-state index is 0.00472. The third-order valence-corrected chi connectivity index (χ3v) is 9.25. The van der Waals surface area contributed by atoms with Gasteiger partial charge >= 0.3 is 0 Å². The van der Waals surface area contributed by atoms with E-state index in [1.54, 1.807) is 24.4 Å². The van der Waals surface area contributed by atoms with Gasteiger partial charge in [0.1, 0.15) is 18.1 Å². The number of hydrogen-bond acceptors (Lipinski definition) is 6. The van der Waals surface area contributed by atoms with Crippen molar-refractivity contribution in [1.29, 1.82) is 0 Å². The monoisotopic (exact) mass is 701 g/mol. The van der Waals surface area contributed by atoms with E-state index in [1.165, 1.54) is 16.7 Å². The molecule has 0 radical (unpaired) electrons. The van der Waals surface area contributed by atoms with Gasteiger partial charge in [-0.25, -0.2) is 4.98 Å². The predicted octanol–water partition coefficient (Wildman–Crippen LogP) is 9.01. The first-order chi connectivity index (χ1) is 24.8. The number of para-hydroxylation sites is 1. The van der Waals surface area contributed by atoms with Crippen LogP contribution in [0.25, 0.3) is 6.08 Å². The number of carbonyl (C=O) groups excluding carboxylic acids is 1. The molecule has 1 amide bonds. The quantitative estimate of drug-likeness (QED) is 0.114. The molecular formula is C43H44ClN3O4. The number of carbonyl (C=O) groups is 1. The van der Waals surface area contributed by atoms with Crippen LogP contribution in [0.4, 0.5) is 0 Å². The highest BCUT2D eigenvalue weighted by Crippen LogP contribution is 2.34. The fourth-order valence-electron chi connectivity index (χ4n) is 5.92. The molecule has 0 aliphatic carbocycles. The van der Waals surface area contributed by atoms with Crippen molar-refractivity contribution in [3.05, 3.63) is 153 Å². The minimum atomic E-state index is -0.00472. The lowest BCUT2D eigenvalue weighted by molar-refractivity contribution is -0.127. The lowest BCUT2D eigenvalue weighted by Crippen LogP contribution is -2.47. The van der Waals surface area contributed by atoms with Gasteiger partial charge in [0.2, 0.25) is 11.8 Å². The van der Waals surface area contributed by atoms with Gasteiger partial charge < -0.3 is 19.1 Å². The normalized spacial score (nSPS) is 13.4. The Morgan fingerprint density at radius 2 is 1.53 bits per heavy atom. The summed E-state index contributed by atoms with van der Waals surface area (Å²) < 4.78 is 17.8. The Kier molecular flexibility index (Phi) is 12.0. The average Bonchev–Trinajstić information content (AvgIpc) is 3.14. The Hall–Kier alpha value is -5.11. The summed E-state index contributed by atoms with van der Waals surface area (Å²) in [6.45, 7) is 11.1. The summed E-state index contributed by atoms with van der Waals surface area (Å²) in [4.78, 5) is 21.7. The number of ether oxygens (including phenoxy) is 3. The fourth-order valence-corrected chi connectivity index (χ4v) is 6.23. The van der Waals surface area contributed by atoms with Gasteiger partial charge in [-0.1, -0.05) is 83.9 Å². The molecule has 0 unspecified atom stereocenters. The van der Waals surface area contributed by atoms with Crippen LogP contribution in [0.15, 0.2) is 109 Å². The molecule has 5 aromatic rings. The van der Waals surface area contributed by atoms with E-state index < -0.39 is 0 Å². The van der Waals surface area contributed by atoms with Crippen molar-refractivity contribution in [3.63, 3.8) is 0 Å². The molecule has 2 heterocycles. The minimum Gasteiger partial charge on any atom is -0.493 e. The highest BCUT2D eigenvalue weighted by molar-refractivity contribution is 6.32. The molecule has 51 heavy (non-hydrogen) atoms. The molecule has 1 aliphatic rings. The third kappa shape index (κ3) is 10.2. The van der Waals surface area contributed by atoms with Gasteiger partial charge in [-0.2, -0.15) is 0 Å². The second kappa shape index (κ2) is 17.2. The molecule has 7 nitrogen and oxygen atoms in total. The number of pyridine rings is 1. The first-order valence-electron chi connectivity index (χ1n) is 17.4. The highest BCUT2D eigenvalue weighted by Gasteiger charge is 2.20. The molecule has 1 aromatic heterocycles. The first kappa shape index (κ1) is 35.7. The summed E-state index contributed by atoms with van der Waals surface area (Å²) in [5, 5.41) is 0.445. The van der Waals surface area contributed by atoms with Gasteiger partial charge in [0.05, 0.1) is 17.8 Å². The van der Waals surface area contributed by atoms with Gasteiger partial charge in [0.15, 0.2) is 5.75 Å². The third-order valence-electron chi connectivity index (χ3n) is 8.97.